The highest BCUT2D eigenvalue weighted by Crippen LogP contribution is 2.27. The number of amides is 1. The van der Waals surface area contributed by atoms with Crippen molar-refractivity contribution in [3.05, 3.63) is 65.7 Å². The maximum absolute atomic E-state index is 12.6. The summed E-state index contributed by atoms with van der Waals surface area (Å²) < 4.78 is 11.0. The molecule has 118 valence electrons. The summed E-state index contributed by atoms with van der Waals surface area (Å²) in [6.07, 6.45) is 1.70. The lowest BCUT2D eigenvalue weighted by Gasteiger charge is -2.12. The van der Waals surface area contributed by atoms with Gasteiger partial charge in [-0.3, -0.25) is 9.78 Å². The molecule has 0 bridgehead atoms. The Bertz CT molecular complexity index is 812. The first-order valence-electron chi connectivity index (χ1n) is 7.42. The van der Waals surface area contributed by atoms with Gasteiger partial charge in [-0.1, -0.05) is 24.3 Å². The van der Waals surface area contributed by atoms with Crippen molar-refractivity contribution in [3.63, 3.8) is 0 Å². The van der Waals surface area contributed by atoms with Crippen LogP contribution in [-0.2, 0) is 11.3 Å². The van der Waals surface area contributed by atoms with Gasteiger partial charge in [0.2, 0.25) is 0 Å². The number of hydrogen-bond donors (Lipinski definition) is 1. The topological polar surface area (TPSA) is 64.4 Å². The maximum atomic E-state index is 12.6. The molecule has 0 aliphatic heterocycles. The van der Waals surface area contributed by atoms with Crippen molar-refractivity contribution in [2.24, 2.45) is 0 Å². The fourth-order valence-corrected chi connectivity index (χ4v) is 2.54. The van der Waals surface area contributed by atoms with Crippen LogP contribution in [0.25, 0.3) is 11.0 Å². The zero-order valence-corrected chi connectivity index (χ0v) is 13.1. The van der Waals surface area contributed by atoms with E-state index in [4.69, 9.17) is 9.15 Å². The average Bonchev–Trinajstić information content (AvgIpc) is 2.95. The van der Waals surface area contributed by atoms with Crippen molar-refractivity contribution in [1.82, 2.24) is 10.3 Å². The van der Waals surface area contributed by atoms with Crippen LogP contribution in [0, 0.1) is 0 Å². The maximum Gasteiger partial charge on any atom is 0.287 e. The Morgan fingerprint density at radius 2 is 2.04 bits per heavy atom. The lowest BCUT2D eigenvalue weighted by atomic mass is 10.1. The molecular formula is C18H18N2O3. The second-order valence-corrected chi connectivity index (χ2v) is 5.29. The van der Waals surface area contributed by atoms with Gasteiger partial charge >= 0.3 is 0 Å². The molecule has 1 atom stereocenters. The number of carbonyl (C=O) groups excluding carboxylic acids is 1. The summed E-state index contributed by atoms with van der Waals surface area (Å²) >= 11 is 0. The number of fused-ring (bicyclic) bond motifs is 1. The van der Waals surface area contributed by atoms with E-state index in [0.717, 1.165) is 16.6 Å². The van der Waals surface area contributed by atoms with E-state index >= 15 is 0 Å². The number of nitrogens with zero attached hydrogens (tertiary/aromatic N) is 1. The number of hydrogen-bond acceptors (Lipinski definition) is 4. The van der Waals surface area contributed by atoms with Gasteiger partial charge in [-0.2, -0.15) is 0 Å². The highest BCUT2D eigenvalue weighted by atomic mass is 16.5. The molecule has 0 aliphatic rings. The van der Waals surface area contributed by atoms with Crippen LogP contribution in [-0.4, -0.2) is 18.0 Å². The zero-order chi connectivity index (χ0) is 16.2. The summed E-state index contributed by atoms with van der Waals surface area (Å²) in [4.78, 5) is 16.9. The summed E-state index contributed by atoms with van der Waals surface area (Å²) in [5.41, 5.74) is 2.23. The Hall–Kier alpha value is -2.66. The van der Waals surface area contributed by atoms with Crippen molar-refractivity contribution in [1.29, 1.82) is 0 Å². The molecule has 5 heteroatoms. The molecule has 5 nitrogen and oxygen atoms in total. The second-order valence-electron chi connectivity index (χ2n) is 5.29. The Morgan fingerprint density at radius 3 is 2.78 bits per heavy atom. The Morgan fingerprint density at radius 1 is 1.26 bits per heavy atom. The Labute approximate surface area is 134 Å². The van der Waals surface area contributed by atoms with Gasteiger partial charge in [0.25, 0.3) is 5.91 Å². The molecule has 0 radical (unpaired) electrons. The van der Waals surface area contributed by atoms with Crippen LogP contribution in [0.5, 0.6) is 0 Å². The summed E-state index contributed by atoms with van der Waals surface area (Å²) in [5.74, 6) is 0.0160. The molecule has 0 saturated heterocycles. The van der Waals surface area contributed by atoms with Crippen LogP contribution in [0.3, 0.4) is 0 Å². The van der Waals surface area contributed by atoms with Crippen LogP contribution >= 0.6 is 0 Å². The number of ether oxygens (including phenoxy) is 1. The first-order chi connectivity index (χ1) is 11.2. The highest BCUT2D eigenvalue weighted by Gasteiger charge is 2.22. The van der Waals surface area contributed by atoms with Gasteiger partial charge in [-0.05, 0) is 25.1 Å². The zero-order valence-electron chi connectivity index (χ0n) is 13.1. The third-order valence-electron chi connectivity index (χ3n) is 3.67. The Balaban J connectivity index is 1.90. The van der Waals surface area contributed by atoms with E-state index in [-0.39, 0.29) is 17.7 Å². The summed E-state index contributed by atoms with van der Waals surface area (Å²) in [5, 5.41) is 3.82. The van der Waals surface area contributed by atoms with Crippen molar-refractivity contribution in [2.75, 3.05) is 7.11 Å². The monoisotopic (exact) mass is 310 g/mol. The molecule has 1 aromatic carbocycles. The second kappa shape index (κ2) is 6.62. The van der Waals surface area contributed by atoms with E-state index in [1.165, 1.54) is 0 Å². The van der Waals surface area contributed by atoms with Gasteiger partial charge < -0.3 is 14.5 Å². The lowest BCUT2D eigenvalue weighted by Crippen LogP contribution is -2.27. The number of pyridine rings is 1. The number of benzene rings is 1. The number of rotatable bonds is 5. The van der Waals surface area contributed by atoms with Crippen molar-refractivity contribution < 1.29 is 13.9 Å². The van der Waals surface area contributed by atoms with E-state index in [9.17, 15) is 4.79 Å². The minimum atomic E-state index is -0.272. The van der Waals surface area contributed by atoms with E-state index in [2.05, 4.69) is 10.3 Å². The smallest absolute Gasteiger partial charge is 0.287 e. The lowest BCUT2D eigenvalue weighted by molar-refractivity contribution is 0.0906. The predicted molar refractivity (Wildman–Crippen MR) is 87.0 cm³/mol. The molecule has 0 saturated carbocycles. The third kappa shape index (κ3) is 3.10. The number of para-hydroxylation sites is 1. The third-order valence-corrected chi connectivity index (χ3v) is 3.67. The minimum absolute atomic E-state index is 0.215. The van der Waals surface area contributed by atoms with Gasteiger partial charge in [0.15, 0.2) is 5.76 Å². The fraction of sp³-hybridized carbons (Fsp3) is 0.222. The van der Waals surface area contributed by atoms with Gasteiger partial charge in [0.1, 0.15) is 5.58 Å². The molecule has 0 fully saturated rings. The Kier molecular flexibility index (Phi) is 4.39. The first kappa shape index (κ1) is 15.2. The molecule has 0 aliphatic carbocycles. The number of aromatic nitrogens is 1. The minimum Gasteiger partial charge on any atom is -0.451 e. The molecule has 23 heavy (non-hydrogen) atoms. The quantitative estimate of drug-likeness (QED) is 0.784. The van der Waals surface area contributed by atoms with E-state index in [1.807, 2.05) is 49.4 Å². The molecule has 3 rings (SSSR count). The SMILES string of the molecule is COCc1c(C(=O)N[C@@H](C)c2ccccn2)oc2ccccc12. The molecule has 0 spiro atoms. The summed E-state index contributed by atoms with van der Waals surface area (Å²) in [6, 6.07) is 12.9. The average molecular weight is 310 g/mol. The molecule has 0 unspecified atom stereocenters. The van der Waals surface area contributed by atoms with Crippen LogP contribution in [0.4, 0.5) is 0 Å². The number of nitrogens with one attached hydrogen (secondary N) is 1. The van der Waals surface area contributed by atoms with Crippen LogP contribution in [0.15, 0.2) is 53.1 Å². The summed E-state index contributed by atoms with van der Waals surface area (Å²) in [6.45, 7) is 2.20. The van der Waals surface area contributed by atoms with Crippen LogP contribution in [0.1, 0.15) is 34.8 Å². The summed E-state index contributed by atoms with van der Waals surface area (Å²) in [7, 11) is 1.60. The highest BCUT2D eigenvalue weighted by molar-refractivity contribution is 5.99. The number of furan rings is 1. The largest absolute Gasteiger partial charge is 0.451 e. The van der Waals surface area contributed by atoms with Gasteiger partial charge in [-0.25, -0.2) is 0 Å². The molecule has 1 amide bonds. The molecule has 1 N–H and O–H groups in total. The standard InChI is InChI=1S/C18H18N2O3/c1-12(15-8-5-6-10-19-15)20-18(21)17-14(11-22-2)13-7-3-4-9-16(13)23-17/h3-10,12H,11H2,1-2H3,(H,20,21)/t12-/m0/s1. The number of methoxy groups -OCH3 is 1. The van der Waals surface area contributed by atoms with Crippen molar-refractivity contribution in [3.8, 4) is 0 Å². The van der Waals surface area contributed by atoms with Crippen LogP contribution in [0.2, 0.25) is 0 Å². The van der Waals surface area contributed by atoms with Gasteiger partial charge in [0, 0.05) is 24.3 Å². The number of carbonyl (C=O) groups is 1. The van der Waals surface area contributed by atoms with Gasteiger partial charge in [0.05, 0.1) is 18.3 Å². The van der Waals surface area contributed by atoms with E-state index in [0.29, 0.717) is 12.2 Å². The van der Waals surface area contributed by atoms with E-state index < -0.39 is 0 Å². The molecule has 3 aromatic rings. The predicted octanol–water partition coefficient (Wildman–Crippen LogP) is 3.47. The normalized spacial score (nSPS) is 12.3. The first-order valence-corrected chi connectivity index (χ1v) is 7.42. The van der Waals surface area contributed by atoms with Crippen molar-refractivity contribution in [2.45, 2.75) is 19.6 Å². The van der Waals surface area contributed by atoms with E-state index in [1.54, 1.807) is 13.3 Å². The molecular weight excluding hydrogens is 292 g/mol. The van der Waals surface area contributed by atoms with Crippen molar-refractivity contribution >= 4 is 16.9 Å². The fourth-order valence-electron chi connectivity index (χ4n) is 2.54. The van der Waals surface area contributed by atoms with Crippen LogP contribution < -0.4 is 5.32 Å². The molecule has 2 heterocycles. The van der Waals surface area contributed by atoms with Gasteiger partial charge in [-0.15, -0.1) is 0 Å². The molecule has 2 aromatic heterocycles.